The number of ether oxygens (including phenoxy) is 1. The number of halogens is 3. The second kappa shape index (κ2) is 6.13. The third-order valence-electron chi connectivity index (χ3n) is 3.71. The standard InChI is InChI=1S/C15H21F3N2O/c1-11(2)13-5-4-12(10-14(13)21-15(16,17)18)20-8-6-19(3)7-9-20/h4-5,10-11H,6-9H2,1-3H3. The normalized spacial score (nSPS) is 17.4. The van der Waals surface area contributed by atoms with Gasteiger partial charge in [-0.05, 0) is 24.6 Å². The second-order valence-electron chi connectivity index (χ2n) is 5.71. The quantitative estimate of drug-likeness (QED) is 0.850. The van der Waals surface area contributed by atoms with Crippen molar-refractivity contribution < 1.29 is 17.9 Å². The molecule has 0 unspecified atom stereocenters. The molecule has 6 heteroatoms. The maximum atomic E-state index is 12.6. The molecule has 0 aliphatic carbocycles. The summed E-state index contributed by atoms with van der Waals surface area (Å²) in [7, 11) is 2.04. The van der Waals surface area contributed by atoms with Crippen molar-refractivity contribution in [2.75, 3.05) is 38.1 Å². The van der Waals surface area contributed by atoms with Crippen molar-refractivity contribution in [3.63, 3.8) is 0 Å². The van der Waals surface area contributed by atoms with Crippen molar-refractivity contribution in [2.45, 2.75) is 26.1 Å². The summed E-state index contributed by atoms with van der Waals surface area (Å²) in [6.07, 6.45) is -4.66. The third-order valence-corrected chi connectivity index (χ3v) is 3.71. The topological polar surface area (TPSA) is 15.7 Å². The Balaban J connectivity index is 2.26. The Morgan fingerprint density at radius 3 is 2.24 bits per heavy atom. The van der Waals surface area contributed by atoms with Gasteiger partial charge in [-0.25, -0.2) is 0 Å². The van der Waals surface area contributed by atoms with Crippen molar-refractivity contribution in [2.24, 2.45) is 0 Å². The largest absolute Gasteiger partial charge is 0.573 e. The van der Waals surface area contributed by atoms with Gasteiger partial charge in [-0.3, -0.25) is 0 Å². The van der Waals surface area contributed by atoms with E-state index in [9.17, 15) is 13.2 Å². The molecule has 1 fully saturated rings. The molecule has 1 aliphatic rings. The summed E-state index contributed by atoms with van der Waals surface area (Å²) in [5, 5.41) is 0. The van der Waals surface area contributed by atoms with Crippen LogP contribution in [0.15, 0.2) is 18.2 Å². The SMILES string of the molecule is CC(C)c1ccc(N2CCN(C)CC2)cc1OC(F)(F)F. The van der Waals surface area contributed by atoms with Crippen LogP contribution in [0.2, 0.25) is 0 Å². The van der Waals surface area contributed by atoms with Crippen LogP contribution in [0, 0.1) is 0 Å². The van der Waals surface area contributed by atoms with Gasteiger partial charge in [0, 0.05) is 37.9 Å². The number of nitrogens with zero attached hydrogens (tertiary/aromatic N) is 2. The molecule has 2 rings (SSSR count). The summed E-state index contributed by atoms with van der Waals surface area (Å²) in [5.41, 5.74) is 1.36. The Morgan fingerprint density at radius 1 is 1.10 bits per heavy atom. The number of benzene rings is 1. The van der Waals surface area contributed by atoms with E-state index in [4.69, 9.17) is 0 Å². The van der Waals surface area contributed by atoms with Crippen LogP contribution in [0.5, 0.6) is 5.75 Å². The lowest BCUT2D eigenvalue weighted by Crippen LogP contribution is -2.44. The van der Waals surface area contributed by atoms with Crippen molar-refractivity contribution in [3.05, 3.63) is 23.8 Å². The molecular weight excluding hydrogens is 281 g/mol. The van der Waals surface area contributed by atoms with Crippen LogP contribution >= 0.6 is 0 Å². The van der Waals surface area contributed by atoms with Gasteiger partial charge in [-0.2, -0.15) is 0 Å². The number of likely N-dealkylation sites (N-methyl/N-ethyl adjacent to an activating group) is 1. The zero-order chi connectivity index (χ0) is 15.6. The van der Waals surface area contributed by atoms with Gasteiger partial charge >= 0.3 is 6.36 Å². The molecule has 1 saturated heterocycles. The molecular formula is C15H21F3N2O. The van der Waals surface area contributed by atoms with Crippen molar-refractivity contribution >= 4 is 5.69 Å². The lowest BCUT2D eigenvalue weighted by atomic mass is 10.0. The van der Waals surface area contributed by atoms with E-state index in [1.807, 2.05) is 27.0 Å². The second-order valence-corrected chi connectivity index (χ2v) is 5.71. The van der Waals surface area contributed by atoms with Gasteiger partial charge in [0.15, 0.2) is 0 Å². The number of hydrogen-bond acceptors (Lipinski definition) is 3. The summed E-state index contributed by atoms with van der Waals surface area (Å²) in [5.74, 6) is -0.113. The fourth-order valence-electron chi connectivity index (χ4n) is 2.47. The highest BCUT2D eigenvalue weighted by molar-refractivity contribution is 5.55. The predicted octanol–water partition coefficient (Wildman–Crippen LogP) is 3.46. The first-order valence-electron chi connectivity index (χ1n) is 7.09. The van der Waals surface area contributed by atoms with E-state index in [2.05, 4.69) is 14.5 Å². The molecule has 0 spiro atoms. The Hall–Kier alpha value is -1.43. The Kier molecular flexibility index (Phi) is 4.66. The van der Waals surface area contributed by atoms with Gasteiger partial charge in [0.25, 0.3) is 0 Å². The maximum Gasteiger partial charge on any atom is 0.573 e. The van der Waals surface area contributed by atoms with Crippen molar-refractivity contribution in [1.82, 2.24) is 4.90 Å². The van der Waals surface area contributed by atoms with Crippen LogP contribution < -0.4 is 9.64 Å². The lowest BCUT2D eigenvalue weighted by Gasteiger charge is -2.34. The zero-order valence-corrected chi connectivity index (χ0v) is 12.6. The predicted molar refractivity (Wildman–Crippen MR) is 76.9 cm³/mol. The molecule has 1 aliphatic heterocycles. The molecule has 1 aromatic carbocycles. The third kappa shape index (κ3) is 4.27. The molecule has 0 N–H and O–H groups in total. The molecule has 1 aromatic rings. The first-order chi connectivity index (χ1) is 9.76. The lowest BCUT2D eigenvalue weighted by molar-refractivity contribution is -0.274. The highest BCUT2D eigenvalue weighted by Gasteiger charge is 2.32. The molecule has 0 radical (unpaired) electrons. The van der Waals surface area contributed by atoms with Gasteiger partial charge < -0.3 is 14.5 Å². The minimum Gasteiger partial charge on any atom is -0.405 e. The smallest absolute Gasteiger partial charge is 0.405 e. The highest BCUT2D eigenvalue weighted by Crippen LogP contribution is 2.34. The molecule has 118 valence electrons. The van der Waals surface area contributed by atoms with E-state index in [1.165, 1.54) is 6.07 Å². The average molecular weight is 302 g/mol. The molecule has 0 atom stereocenters. The van der Waals surface area contributed by atoms with Gasteiger partial charge in [0.05, 0.1) is 0 Å². The van der Waals surface area contributed by atoms with Crippen LogP contribution in [0.25, 0.3) is 0 Å². The molecule has 3 nitrogen and oxygen atoms in total. The fourth-order valence-corrected chi connectivity index (χ4v) is 2.47. The first-order valence-corrected chi connectivity index (χ1v) is 7.09. The van der Waals surface area contributed by atoms with Crippen LogP contribution in [0.1, 0.15) is 25.3 Å². The summed E-state index contributed by atoms with van der Waals surface area (Å²) < 4.78 is 41.9. The number of anilines is 1. The van der Waals surface area contributed by atoms with E-state index in [0.717, 1.165) is 31.9 Å². The van der Waals surface area contributed by atoms with Crippen molar-refractivity contribution in [3.8, 4) is 5.75 Å². The van der Waals surface area contributed by atoms with Crippen molar-refractivity contribution in [1.29, 1.82) is 0 Å². The molecule has 0 saturated carbocycles. The summed E-state index contributed by atoms with van der Waals surface area (Å²) >= 11 is 0. The molecule has 0 aromatic heterocycles. The Labute approximate surface area is 123 Å². The fraction of sp³-hybridized carbons (Fsp3) is 0.600. The van der Waals surface area contributed by atoms with Gasteiger partial charge in [-0.1, -0.05) is 19.9 Å². The van der Waals surface area contributed by atoms with Crippen LogP contribution in [0.3, 0.4) is 0 Å². The van der Waals surface area contributed by atoms with E-state index in [-0.39, 0.29) is 11.7 Å². The van der Waals surface area contributed by atoms with E-state index < -0.39 is 6.36 Å². The maximum absolute atomic E-state index is 12.6. The Bertz CT molecular complexity index is 480. The molecule has 0 bridgehead atoms. The number of rotatable bonds is 3. The summed E-state index contributed by atoms with van der Waals surface area (Å²) in [4.78, 5) is 4.29. The highest BCUT2D eigenvalue weighted by atomic mass is 19.4. The zero-order valence-electron chi connectivity index (χ0n) is 12.6. The van der Waals surface area contributed by atoms with E-state index in [0.29, 0.717) is 5.56 Å². The van der Waals surface area contributed by atoms with Gasteiger partial charge in [0.1, 0.15) is 5.75 Å². The van der Waals surface area contributed by atoms with Crippen LogP contribution in [-0.2, 0) is 0 Å². The van der Waals surface area contributed by atoms with Crippen LogP contribution in [-0.4, -0.2) is 44.5 Å². The minimum atomic E-state index is -4.66. The number of piperazine rings is 1. The minimum absolute atomic E-state index is 0.0242. The monoisotopic (exact) mass is 302 g/mol. The van der Waals surface area contributed by atoms with Crippen LogP contribution in [0.4, 0.5) is 18.9 Å². The summed E-state index contributed by atoms with van der Waals surface area (Å²) in [6, 6.07) is 5.12. The molecule has 0 amide bonds. The molecule has 1 heterocycles. The van der Waals surface area contributed by atoms with E-state index >= 15 is 0 Å². The number of alkyl halides is 3. The van der Waals surface area contributed by atoms with E-state index in [1.54, 1.807) is 6.07 Å². The van der Waals surface area contributed by atoms with Gasteiger partial charge in [0.2, 0.25) is 0 Å². The average Bonchev–Trinajstić information content (AvgIpc) is 2.37. The first kappa shape index (κ1) is 15.9. The van der Waals surface area contributed by atoms with Gasteiger partial charge in [-0.15, -0.1) is 13.2 Å². The number of hydrogen-bond donors (Lipinski definition) is 0. The molecule has 21 heavy (non-hydrogen) atoms. The Morgan fingerprint density at radius 2 is 1.71 bits per heavy atom. The summed E-state index contributed by atoms with van der Waals surface area (Å²) in [6.45, 7) is 7.14.